The van der Waals surface area contributed by atoms with Crippen LogP contribution in [0.2, 0.25) is 0 Å². The molecule has 0 saturated heterocycles. The molecule has 0 fully saturated rings. The summed E-state index contributed by atoms with van der Waals surface area (Å²) < 4.78 is 52.2. The third-order valence-corrected chi connectivity index (χ3v) is 1.55. The highest BCUT2D eigenvalue weighted by atomic mass is 19.3. The van der Waals surface area contributed by atoms with Gasteiger partial charge in [-0.25, -0.2) is 8.78 Å². The Morgan fingerprint density at radius 2 is 2.20 bits per heavy atom. The highest BCUT2D eigenvalue weighted by Crippen LogP contribution is 2.22. The van der Waals surface area contributed by atoms with E-state index < -0.39 is 25.6 Å². The molecule has 1 amide bonds. The van der Waals surface area contributed by atoms with Crippen molar-refractivity contribution in [2.45, 2.75) is 12.3 Å². The summed E-state index contributed by atoms with van der Waals surface area (Å²) in [6, 6.07) is 0. The number of amides is 1. The van der Waals surface area contributed by atoms with E-state index in [0.29, 0.717) is 0 Å². The first kappa shape index (κ1) is 11.9. The van der Waals surface area contributed by atoms with Crippen molar-refractivity contribution >= 4 is 11.7 Å². The van der Waals surface area contributed by atoms with Gasteiger partial charge in [-0.3, -0.25) is 9.79 Å². The van der Waals surface area contributed by atoms with Gasteiger partial charge in [0.25, 0.3) is 0 Å². The summed E-state index contributed by atoms with van der Waals surface area (Å²) in [7, 11) is 0. The fraction of sp³-hybridized carbons (Fsp3) is 0.714. The van der Waals surface area contributed by atoms with Crippen LogP contribution in [0.4, 0.5) is 17.6 Å². The number of hydrogen-bond acceptors (Lipinski definition) is 3. The Hall–Kier alpha value is -1.18. The number of carbonyl (C=O) groups is 1. The second kappa shape index (κ2) is 4.56. The number of nitrogens with one attached hydrogen (secondary N) is 1. The van der Waals surface area contributed by atoms with Crippen molar-refractivity contribution in [1.29, 1.82) is 0 Å². The number of amidine groups is 1. The van der Waals surface area contributed by atoms with E-state index in [1.165, 1.54) is 0 Å². The molecule has 1 aliphatic heterocycles. The van der Waals surface area contributed by atoms with Crippen LogP contribution in [0.5, 0.6) is 0 Å². The highest BCUT2D eigenvalue weighted by Gasteiger charge is 2.41. The zero-order chi connectivity index (χ0) is 11.5. The van der Waals surface area contributed by atoms with E-state index in [-0.39, 0.29) is 18.3 Å². The first-order valence-electron chi connectivity index (χ1n) is 3.99. The van der Waals surface area contributed by atoms with Gasteiger partial charge in [-0.15, -0.1) is 0 Å². The standard InChI is InChI=1S/C7H8F4N2O2/c8-6(9)7(10,11)3-15-2-4-12-1-5(14)13-4/h6H,1-3H2,(H,12,13,14). The molecule has 1 aliphatic rings. The van der Waals surface area contributed by atoms with Gasteiger partial charge in [0.1, 0.15) is 25.6 Å². The number of nitrogens with zero attached hydrogens (tertiary/aromatic N) is 1. The number of halogens is 4. The minimum absolute atomic E-state index is 0.0741. The molecule has 15 heavy (non-hydrogen) atoms. The van der Waals surface area contributed by atoms with Crippen molar-refractivity contribution in [2.24, 2.45) is 4.99 Å². The molecule has 8 heteroatoms. The van der Waals surface area contributed by atoms with Crippen molar-refractivity contribution in [1.82, 2.24) is 5.32 Å². The van der Waals surface area contributed by atoms with Gasteiger partial charge in [-0.2, -0.15) is 8.78 Å². The molecule has 0 radical (unpaired) electrons. The maximum Gasteiger partial charge on any atom is 0.330 e. The van der Waals surface area contributed by atoms with Crippen LogP contribution in [0.25, 0.3) is 0 Å². The van der Waals surface area contributed by atoms with Gasteiger partial charge in [-0.05, 0) is 0 Å². The van der Waals surface area contributed by atoms with E-state index in [9.17, 15) is 22.4 Å². The summed E-state index contributed by atoms with van der Waals surface area (Å²) in [4.78, 5) is 14.2. The molecule has 0 saturated carbocycles. The van der Waals surface area contributed by atoms with Gasteiger partial charge < -0.3 is 10.1 Å². The van der Waals surface area contributed by atoms with Crippen molar-refractivity contribution in [3.05, 3.63) is 0 Å². The molecule has 0 aromatic rings. The van der Waals surface area contributed by atoms with E-state index in [1.807, 2.05) is 0 Å². The van der Waals surface area contributed by atoms with Crippen LogP contribution in [0.1, 0.15) is 0 Å². The number of alkyl halides is 4. The Balaban J connectivity index is 2.25. The normalized spacial score (nSPS) is 16.9. The monoisotopic (exact) mass is 228 g/mol. The Morgan fingerprint density at radius 3 is 2.67 bits per heavy atom. The lowest BCUT2D eigenvalue weighted by Crippen LogP contribution is -2.35. The lowest BCUT2D eigenvalue weighted by Gasteiger charge is -2.14. The Morgan fingerprint density at radius 1 is 1.53 bits per heavy atom. The maximum atomic E-state index is 12.3. The van der Waals surface area contributed by atoms with Crippen LogP contribution in [0.3, 0.4) is 0 Å². The number of aliphatic imine (C=N–C) groups is 1. The Labute approximate surface area is 82.3 Å². The smallest absolute Gasteiger partial charge is 0.330 e. The van der Waals surface area contributed by atoms with E-state index in [1.54, 1.807) is 0 Å². The molecule has 0 unspecified atom stereocenters. The lowest BCUT2D eigenvalue weighted by molar-refractivity contribution is -0.162. The predicted molar refractivity (Wildman–Crippen MR) is 42.2 cm³/mol. The number of hydrogen-bond donors (Lipinski definition) is 1. The van der Waals surface area contributed by atoms with E-state index in [2.05, 4.69) is 15.0 Å². The largest absolute Gasteiger partial charge is 0.367 e. The zero-order valence-corrected chi connectivity index (χ0v) is 7.47. The van der Waals surface area contributed by atoms with Crippen molar-refractivity contribution in [3.8, 4) is 0 Å². The van der Waals surface area contributed by atoms with Gasteiger partial charge in [0.05, 0.1) is 0 Å². The molecular weight excluding hydrogens is 220 g/mol. The molecule has 0 atom stereocenters. The molecule has 0 aliphatic carbocycles. The second-order valence-corrected chi connectivity index (χ2v) is 2.87. The van der Waals surface area contributed by atoms with Crippen molar-refractivity contribution in [2.75, 3.05) is 19.8 Å². The molecule has 86 valence electrons. The quantitative estimate of drug-likeness (QED) is 0.694. The average Bonchev–Trinajstić information content (AvgIpc) is 2.51. The van der Waals surface area contributed by atoms with Crippen LogP contribution in [-0.2, 0) is 9.53 Å². The second-order valence-electron chi connectivity index (χ2n) is 2.87. The number of ether oxygens (including phenoxy) is 1. The van der Waals surface area contributed by atoms with E-state index in [4.69, 9.17) is 0 Å². The third-order valence-electron chi connectivity index (χ3n) is 1.55. The summed E-state index contributed by atoms with van der Waals surface area (Å²) in [6.45, 7) is -1.91. The number of carbonyl (C=O) groups excluding carboxylic acids is 1. The summed E-state index contributed by atoms with van der Waals surface area (Å²) in [5.41, 5.74) is 0. The Bertz CT molecular complexity index is 280. The first-order chi connectivity index (χ1) is 6.92. The fourth-order valence-corrected chi connectivity index (χ4v) is 0.836. The summed E-state index contributed by atoms with van der Waals surface area (Å²) in [5.74, 6) is -4.48. The molecule has 1 N–H and O–H groups in total. The van der Waals surface area contributed by atoms with Crippen LogP contribution in [-0.4, -0.2) is 43.8 Å². The van der Waals surface area contributed by atoms with E-state index in [0.717, 1.165) is 0 Å². The molecule has 0 aromatic carbocycles. The van der Waals surface area contributed by atoms with Crippen LogP contribution in [0, 0.1) is 0 Å². The van der Waals surface area contributed by atoms with Crippen LogP contribution < -0.4 is 5.32 Å². The predicted octanol–water partition coefficient (Wildman–Crippen LogP) is 0.432. The van der Waals surface area contributed by atoms with Gasteiger partial charge in [-0.1, -0.05) is 0 Å². The topological polar surface area (TPSA) is 50.7 Å². The molecular formula is C7H8F4N2O2. The minimum atomic E-state index is -4.18. The number of rotatable bonds is 5. The van der Waals surface area contributed by atoms with Crippen LogP contribution >= 0.6 is 0 Å². The van der Waals surface area contributed by atoms with Crippen molar-refractivity contribution < 1.29 is 27.1 Å². The highest BCUT2D eigenvalue weighted by molar-refractivity contribution is 6.04. The van der Waals surface area contributed by atoms with Gasteiger partial charge >= 0.3 is 12.3 Å². The maximum absolute atomic E-state index is 12.3. The summed E-state index contributed by atoms with van der Waals surface area (Å²) >= 11 is 0. The van der Waals surface area contributed by atoms with Gasteiger partial charge in [0.15, 0.2) is 0 Å². The fourth-order valence-electron chi connectivity index (χ4n) is 0.836. The third kappa shape index (κ3) is 3.46. The average molecular weight is 228 g/mol. The molecule has 1 heterocycles. The van der Waals surface area contributed by atoms with Crippen molar-refractivity contribution in [3.63, 3.8) is 0 Å². The molecule has 4 nitrogen and oxygen atoms in total. The lowest BCUT2D eigenvalue weighted by atomic mass is 10.4. The summed E-state index contributed by atoms with van der Waals surface area (Å²) in [6.07, 6.45) is -3.77. The molecule has 0 bridgehead atoms. The molecule has 1 rings (SSSR count). The van der Waals surface area contributed by atoms with Gasteiger partial charge in [0.2, 0.25) is 5.91 Å². The zero-order valence-electron chi connectivity index (χ0n) is 7.47. The first-order valence-corrected chi connectivity index (χ1v) is 3.99. The summed E-state index contributed by atoms with van der Waals surface area (Å²) in [5, 5.41) is 2.22. The van der Waals surface area contributed by atoms with Crippen LogP contribution in [0.15, 0.2) is 4.99 Å². The van der Waals surface area contributed by atoms with Gasteiger partial charge in [0, 0.05) is 0 Å². The Kier molecular flexibility index (Phi) is 3.61. The molecule has 0 aromatic heterocycles. The van der Waals surface area contributed by atoms with E-state index >= 15 is 0 Å². The molecule has 0 spiro atoms. The SMILES string of the molecule is O=C1CN=C(COCC(F)(F)C(F)F)N1. The minimum Gasteiger partial charge on any atom is -0.367 e.